The molecular weight excluding hydrogens is 262 g/mol. The maximum Gasteiger partial charge on any atom is 0.123 e. The lowest BCUT2D eigenvalue weighted by Crippen LogP contribution is -2.62. The zero-order valence-corrected chi connectivity index (χ0v) is 14.0. The first kappa shape index (κ1) is 16.3. The van der Waals surface area contributed by atoms with Crippen LogP contribution in [0.1, 0.15) is 52.1 Å². The Morgan fingerprint density at radius 1 is 1.33 bits per heavy atom. The minimum Gasteiger partial charge on any atom is -0.496 e. The van der Waals surface area contributed by atoms with Gasteiger partial charge in [0, 0.05) is 29.7 Å². The Labute approximate surface area is 129 Å². The molecule has 0 spiro atoms. The predicted octanol–water partition coefficient (Wildman–Crippen LogP) is 3.94. The first-order valence-electron chi connectivity index (χ1n) is 8.07. The highest BCUT2D eigenvalue weighted by atomic mass is 16.5. The average Bonchev–Trinajstić information content (AvgIpc) is 2.52. The number of benzene rings is 1. The van der Waals surface area contributed by atoms with Crippen molar-refractivity contribution in [3.63, 3.8) is 0 Å². The highest BCUT2D eigenvalue weighted by Gasteiger charge is 2.51. The van der Waals surface area contributed by atoms with E-state index in [2.05, 4.69) is 45.1 Å². The zero-order valence-electron chi connectivity index (χ0n) is 14.0. The van der Waals surface area contributed by atoms with Crippen molar-refractivity contribution >= 4 is 0 Å². The summed E-state index contributed by atoms with van der Waals surface area (Å²) in [6.07, 6.45) is 2.61. The first-order chi connectivity index (χ1) is 10.1. The fourth-order valence-corrected chi connectivity index (χ4v) is 3.42. The van der Waals surface area contributed by atoms with Gasteiger partial charge in [-0.1, -0.05) is 32.0 Å². The second kappa shape index (κ2) is 6.80. The number of hydrogen-bond donors (Lipinski definition) is 1. The average molecular weight is 291 g/mol. The SMILES string of the molecule is CCOC1CC(N[C@H](C)c2ccccc2OC)C1(C)CC. The second-order valence-corrected chi connectivity index (χ2v) is 6.22. The number of methoxy groups -OCH3 is 1. The van der Waals surface area contributed by atoms with Crippen molar-refractivity contribution in [3.05, 3.63) is 29.8 Å². The lowest BCUT2D eigenvalue weighted by Gasteiger charge is -2.54. The molecule has 3 heteroatoms. The van der Waals surface area contributed by atoms with E-state index in [-0.39, 0.29) is 11.5 Å². The minimum absolute atomic E-state index is 0.228. The van der Waals surface area contributed by atoms with Crippen LogP contribution in [0.3, 0.4) is 0 Å². The van der Waals surface area contributed by atoms with Gasteiger partial charge in [-0.15, -0.1) is 0 Å². The highest BCUT2D eigenvalue weighted by Crippen LogP contribution is 2.46. The van der Waals surface area contributed by atoms with Gasteiger partial charge in [0.05, 0.1) is 13.2 Å². The van der Waals surface area contributed by atoms with Gasteiger partial charge >= 0.3 is 0 Å². The summed E-state index contributed by atoms with van der Waals surface area (Å²) in [4.78, 5) is 0. The van der Waals surface area contributed by atoms with E-state index in [1.54, 1.807) is 7.11 Å². The van der Waals surface area contributed by atoms with Gasteiger partial charge in [0.1, 0.15) is 5.75 Å². The molecule has 1 fully saturated rings. The summed E-state index contributed by atoms with van der Waals surface area (Å²) in [5, 5.41) is 3.78. The summed E-state index contributed by atoms with van der Waals surface area (Å²) in [7, 11) is 1.73. The Morgan fingerprint density at radius 3 is 2.67 bits per heavy atom. The van der Waals surface area contributed by atoms with Crippen LogP contribution in [0.15, 0.2) is 24.3 Å². The van der Waals surface area contributed by atoms with Gasteiger partial charge in [-0.2, -0.15) is 0 Å². The Bertz CT molecular complexity index is 462. The molecule has 1 N–H and O–H groups in total. The summed E-state index contributed by atoms with van der Waals surface area (Å²) >= 11 is 0. The van der Waals surface area contributed by atoms with E-state index < -0.39 is 0 Å². The van der Waals surface area contributed by atoms with Crippen LogP contribution in [-0.2, 0) is 4.74 Å². The molecule has 0 radical (unpaired) electrons. The van der Waals surface area contributed by atoms with Crippen LogP contribution in [-0.4, -0.2) is 25.9 Å². The molecule has 0 amide bonds. The lowest BCUT2D eigenvalue weighted by atomic mass is 9.61. The molecule has 3 unspecified atom stereocenters. The summed E-state index contributed by atoms with van der Waals surface area (Å²) in [6, 6.07) is 9.02. The van der Waals surface area contributed by atoms with Gasteiger partial charge in [0.15, 0.2) is 0 Å². The maximum atomic E-state index is 5.88. The van der Waals surface area contributed by atoms with Gasteiger partial charge in [-0.25, -0.2) is 0 Å². The Balaban J connectivity index is 2.05. The molecule has 0 aromatic heterocycles. The molecule has 2 rings (SSSR count). The monoisotopic (exact) mass is 291 g/mol. The molecule has 1 aliphatic rings. The molecule has 21 heavy (non-hydrogen) atoms. The van der Waals surface area contributed by atoms with Crippen molar-refractivity contribution in [1.82, 2.24) is 5.32 Å². The molecule has 0 heterocycles. The van der Waals surface area contributed by atoms with E-state index in [1.807, 2.05) is 12.1 Å². The van der Waals surface area contributed by atoms with E-state index in [9.17, 15) is 0 Å². The van der Waals surface area contributed by atoms with Gasteiger partial charge in [-0.3, -0.25) is 0 Å². The Hall–Kier alpha value is -1.06. The van der Waals surface area contributed by atoms with Crippen LogP contribution in [0.2, 0.25) is 0 Å². The maximum absolute atomic E-state index is 5.88. The van der Waals surface area contributed by atoms with E-state index in [4.69, 9.17) is 9.47 Å². The van der Waals surface area contributed by atoms with Crippen molar-refractivity contribution in [2.24, 2.45) is 5.41 Å². The molecule has 118 valence electrons. The highest BCUT2D eigenvalue weighted by molar-refractivity contribution is 5.35. The quantitative estimate of drug-likeness (QED) is 0.825. The summed E-state index contributed by atoms with van der Waals surface area (Å²) in [6.45, 7) is 9.68. The van der Waals surface area contributed by atoms with Crippen LogP contribution in [0.4, 0.5) is 0 Å². The molecule has 1 aromatic rings. The molecule has 1 aliphatic carbocycles. The summed E-state index contributed by atoms with van der Waals surface area (Å²) in [5.74, 6) is 0.955. The molecule has 0 saturated heterocycles. The predicted molar refractivity (Wildman–Crippen MR) is 86.8 cm³/mol. The second-order valence-electron chi connectivity index (χ2n) is 6.22. The largest absolute Gasteiger partial charge is 0.496 e. The standard InChI is InChI=1S/C18H29NO2/c1-6-18(4)16(12-17(18)21-7-2)19-13(3)14-10-8-9-11-15(14)20-5/h8-11,13,16-17,19H,6-7,12H2,1-5H3/t13-,16?,17?,18?/m1/s1. The van der Waals surface area contributed by atoms with E-state index in [0.717, 1.165) is 25.2 Å². The van der Waals surface area contributed by atoms with Crippen molar-refractivity contribution in [2.75, 3.05) is 13.7 Å². The van der Waals surface area contributed by atoms with E-state index >= 15 is 0 Å². The smallest absolute Gasteiger partial charge is 0.123 e. The number of para-hydroxylation sites is 1. The minimum atomic E-state index is 0.228. The van der Waals surface area contributed by atoms with E-state index in [1.165, 1.54) is 5.56 Å². The molecular formula is C18H29NO2. The normalized spacial score (nSPS) is 29.8. The molecule has 1 aromatic carbocycles. The first-order valence-corrected chi connectivity index (χ1v) is 8.07. The van der Waals surface area contributed by atoms with Crippen LogP contribution in [0.25, 0.3) is 0 Å². The summed E-state index contributed by atoms with van der Waals surface area (Å²) in [5.41, 5.74) is 1.45. The summed E-state index contributed by atoms with van der Waals surface area (Å²) < 4.78 is 11.4. The van der Waals surface area contributed by atoms with Crippen LogP contribution in [0, 0.1) is 5.41 Å². The molecule has 0 aliphatic heterocycles. The topological polar surface area (TPSA) is 30.5 Å². The number of ether oxygens (including phenoxy) is 2. The number of nitrogens with one attached hydrogen (secondary N) is 1. The fourth-order valence-electron chi connectivity index (χ4n) is 3.42. The third kappa shape index (κ3) is 3.09. The molecule has 4 atom stereocenters. The third-order valence-corrected chi connectivity index (χ3v) is 5.17. The Kier molecular flexibility index (Phi) is 5.28. The number of hydrogen-bond acceptors (Lipinski definition) is 3. The fraction of sp³-hybridized carbons (Fsp3) is 0.667. The number of rotatable bonds is 7. The van der Waals surface area contributed by atoms with Crippen LogP contribution in [0.5, 0.6) is 5.75 Å². The van der Waals surface area contributed by atoms with Crippen molar-refractivity contribution in [3.8, 4) is 5.75 Å². The van der Waals surface area contributed by atoms with Crippen molar-refractivity contribution in [1.29, 1.82) is 0 Å². The molecule has 3 nitrogen and oxygen atoms in total. The van der Waals surface area contributed by atoms with Gasteiger partial charge in [0.2, 0.25) is 0 Å². The van der Waals surface area contributed by atoms with Gasteiger partial charge in [-0.05, 0) is 32.8 Å². The third-order valence-electron chi connectivity index (χ3n) is 5.17. The van der Waals surface area contributed by atoms with Crippen LogP contribution < -0.4 is 10.1 Å². The van der Waals surface area contributed by atoms with E-state index in [0.29, 0.717) is 12.1 Å². The zero-order chi connectivity index (χ0) is 15.5. The van der Waals surface area contributed by atoms with Crippen molar-refractivity contribution in [2.45, 2.75) is 58.7 Å². The lowest BCUT2D eigenvalue weighted by molar-refractivity contribution is -0.127. The Morgan fingerprint density at radius 2 is 2.05 bits per heavy atom. The van der Waals surface area contributed by atoms with Crippen LogP contribution >= 0.6 is 0 Å². The van der Waals surface area contributed by atoms with Gasteiger partial charge in [0.25, 0.3) is 0 Å². The van der Waals surface area contributed by atoms with Crippen molar-refractivity contribution < 1.29 is 9.47 Å². The van der Waals surface area contributed by atoms with Gasteiger partial charge < -0.3 is 14.8 Å². The molecule has 0 bridgehead atoms. The molecule has 1 saturated carbocycles.